The van der Waals surface area contributed by atoms with Crippen molar-refractivity contribution in [1.29, 1.82) is 0 Å². The summed E-state index contributed by atoms with van der Waals surface area (Å²) in [7, 11) is 1.75. The molecule has 0 radical (unpaired) electrons. The van der Waals surface area contributed by atoms with Gasteiger partial charge in [0.2, 0.25) is 11.8 Å². The predicted octanol–water partition coefficient (Wildman–Crippen LogP) is 0.925. The predicted molar refractivity (Wildman–Crippen MR) is 68.5 cm³/mol. The molecule has 0 saturated carbocycles. The van der Waals surface area contributed by atoms with E-state index in [9.17, 15) is 9.59 Å². The Labute approximate surface area is 103 Å². The van der Waals surface area contributed by atoms with Gasteiger partial charge in [0.25, 0.3) is 0 Å². The molecule has 0 aliphatic rings. The normalized spacial score (nSPS) is 12.4. The number of likely N-dealkylation sites (N-methyl/N-ethyl adjacent to an activating group) is 1. The molecule has 5 heteroatoms. The van der Waals surface area contributed by atoms with E-state index in [-0.39, 0.29) is 11.8 Å². The number of nitrogens with zero attached hydrogens (tertiary/aromatic N) is 1. The summed E-state index contributed by atoms with van der Waals surface area (Å²) in [5, 5.41) is 2.59. The summed E-state index contributed by atoms with van der Waals surface area (Å²) in [4.78, 5) is 24.4. The molecule has 0 rings (SSSR count). The first-order valence-electron chi connectivity index (χ1n) is 5.51. The minimum Gasteiger partial charge on any atom is -0.344 e. The highest BCUT2D eigenvalue weighted by molar-refractivity contribution is 7.80. The van der Waals surface area contributed by atoms with Crippen molar-refractivity contribution in [3.63, 3.8) is 0 Å². The van der Waals surface area contributed by atoms with Gasteiger partial charge in [-0.25, -0.2) is 0 Å². The Morgan fingerprint density at radius 1 is 1.38 bits per heavy atom. The van der Waals surface area contributed by atoms with Crippen molar-refractivity contribution in [2.45, 2.75) is 33.2 Å². The van der Waals surface area contributed by atoms with Crippen LogP contribution in [0.4, 0.5) is 0 Å². The van der Waals surface area contributed by atoms with Gasteiger partial charge in [-0.1, -0.05) is 13.8 Å². The maximum absolute atomic E-state index is 11.9. The first kappa shape index (κ1) is 15.3. The Morgan fingerprint density at radius 2 is 1.94 bits per heavy atom. The fourth-order valence-electron chi connectivity index (χ4n) is 1.26. The van der Waals surface area contributed by atoms with E-state index in [1.54, 1.807) is 11.9 Å². The third kappa shape index (κ3) is 6.00. The van der Waals surface area contributed by atoms with Gasteiger partial charge in [0.15, 0.2) is 0 Å². The highest BCUT2D eigenvalue weighted by Crippen LogP contribution is 2.03. The number of carbonyl (C=O) groups is 2. The van der Waals surface area contributed by atoms with Crippen molar-refractivity contribution in [2.24, 2.45) is 5.92 Å². The highest BCUT2D eigenvalue weighted by atomic mass is 32.1. The molecule has 0 bridgehead atoms. The summed E-state index contributed by atoms with van der Waals surface area (Å²) in [6, 6.07) is -0.516. The Kier molecular flexibility index (Phi) is 7.21. The number of rotatable bonds is 6. The lowest BCUT2D eigenvalue weighted by Crippen LogP contribution is -2.48. The Morgan fingerprint density at radius 3 is 2.31 bits per heavy atom. The van der Waals surface area contributed by atoms with Crippen LogP contribution in [0.2, 0.25) is 0 Å². The maximum Gasteiger partial charge on any atom is 0.245 e. The second kappa shape index (κ2) is 7.54. The second-order valence-electron chi connectivity index (χ2n) is 4.38. The number of carbonyl (C=O) groups excluding carboxylic acids is 2. The van der Waals surface area contributed by atoms with E-state index in [4.69, 9.17) is 0 Å². The van der Waals surface area contributed by atoms with Gasteiger partial charge in [0.1, 0.15) is 6.04 Å². The lowest BCUT2D eigenvalue weighted by Gasteiger charge is -2.23. The summed E-state index contributed by atoms with van der Waals surface area (Å²) in [5.74, 6) is 0.603. The maximum atomic E-state index is 11.9. The Hall–Kier alpha value is -0.710. The molecule has 4 nitrogen and oxygen atoms in total. The van der Waals surface area contributed by atoms with Gasteiger partial charge >= 0.3 is 0 Å². The van der Waals surface area contributed by atoms with E-state index in [2.05, 4.69) is 31.8 Å². The Balaban J connectivity index is 4.21. The minimum absolute atomic E-state index is 0.0779. The third-order valence-corrected chi connectivity index (χ3v) is 2.64. The molecule has 1 N–H and O–H groups in total. The van der Waals surface area contributed by atoms with E-state index in [1.165, 1.54) is 6.92 Å². The zero-order valence-corrected chi connectivity index (χ0v) is 11.4. The zero-order valence-electron chi connectivity index (χ0n) is 10.5. The number of hydrogen-bond donors (Lipinski definition) is 2. The van der Waals surface area contributed by atoms with E-state index >= 15 is 0 Å². The molecule has 16 heavy (non-hydrogen) atoms. The van der Waals surface area contributed by atoms with Crippen molar-refractivity contribution in [1.82, 2.24) is 10.2 Å². The van der Waals surface area contributed by atoms with Crippen LogP contribution in [-0.2, 0) is 9.59 Å². The van der Waals surface area contributed by atoms with Crippen molar-refractivity contribution in [3.8, 4) is 0 Å². The van der Waals surface area contributed by atoms with Gasteiger partial charge in [0.05, 0.1) is 0 Å². The molecule has 0 aliphatic carbocycles. The molecule has 0 saturated heterocycles. The smallest absolute Gasteiger partial charge is 0.245 e. The third-order valence-electron chi connectivity index (χ3n) is 2.28. The lowest BCUT2D eigenvalue weighted by molar-refractivity contribution is -0.134. The summed E-state index contributed by atoms with van der Waals surface area (Å²) in [6.45, 7) is 6.34. The van der Waals surface area contributed by atoms with E-state index < -0.39 is 6.04 Å². The van der Waals surface area contributed by atoms with Gasteiger partial charge in [0, 0.05) is 26.3 Å². The quantitative estimate of drug-likeness (QED) is 0.685. The highest BCUT2D eigenvalue weighted by Gasteiger charge is 2.21. The van der Waals surface area contributed by atoms with E-state index in [0.29, 0.717) is 18.2 Å². The number of hydrogen-bond acceptors (Lipinski definition) is 3. The summed E-state index contributed by atoms with van der Waals surface area (Å²) in [5.41, 5.74) is 0. The van der Waals surface area contributed by atoms with Crippen LogP contribution in [0.25, 0.3) is 0 Å². The molecular weight excluding hydrogens is 224 g/mol. The SMILES string of the molecule is CC(=O)NC(CS)C(=O)N(C)CCC(C)C. The van der Waals surface area contributed by atoms with Crippen LogP contribution >= 0.6 is 12.6 Å². The average molecular weight is 246 g/mol. The first-order valence-corrected chi connectivity index (χ1v) is 6.14. The van der Waals surface area contributed by atoms with Crippen molar-refractivity contribution < 1.29 is 9.59 Å². The van der Waals surface area contributed by atoms with Crippen molar-refractivity contribution in [2.75, 3.05) is 19.3 Å². The van der Waals surface area contributed by atoms with Crippen LogP contribution in [-0.4, -0.2) is 42.1 Å². The van der Waals surface area contributed by atoms with Crippen LogP contribution in [0, 0.1) is 5.92 Å². The molecule has 0 aromatic heterocycles. The average Bonchev–Trinajstić information content (AvgIpc) is 2.21. The van der Waals surface area contributed by atoms with Gasteiger partial charge in [-0.05, 0) is 12.3 Å². The molecular formula is C11H22N2O2S. The van der Waals surface area contributed by atoms with E-state index in [0.717, 1.165) is 6.42 Å². The van der Waals surface area contributed by atoms with Gasteiger partial charge in [-0.2, -0.15) is 12.6 Å². The monoisotopic (exact) mass is 246 g/mol. The molecule has 0 aromatic rings. The number of nitrogens with one attached hydrogen (secondary N) is 1. The van der Waals surface area contributed by atoms with Gasteiger partial charge in [-0.3, -0.25) is 9.59 Å². The molecule has 0 heterocycles. The van der Waals surface area contributed by atoms with E-state index in [1.807, 2.05) is 0 Å². The molecule has 0 spiro atoms. The number of amides is 2. The molecule has 1 unspecified atom stereocenters. The fourth-order valence-corrected chi connectivity index (χ4v) is 1.51. The fraction of sp³-hybridized carbons (Fsp3) is 0.818. The first-order chi connectivity index (χ1) is 7.38. The molecule has 0 aliphatic heterocycles. The van der Waals surface area contributed by atoms with Crippen LogP contribution in [0.5, 0.6) is 0 Å². The number of thiol groups is 1. The van der Waals surface area contributed by atoms with Gasteiger partial charge in [-0.15, -0.1) is 0 Å². The standard InChI is InChI=1S/C11H22N2O2S/c1-8(2)5-6-13(4)11(15)10(7-16)12-9(3)14/h8,10,16H,5-7H2,1-4H3,(H,12,14). The minimum atomic E-state index is -0.516. The molecule has 1 atom stereocenters. The van der Waals surface area contributed by atoms with Gasteiger partial charge < -0.3 is 10.2 Å². The van der Waals surface area contributed by atoms with Crippen molar-refractivity contribution >= 4 is 24.4 Å². The molecule has 2 amide bonds. The summed E-state index contributed by atoms with van der Waals surface area (Å²) in [6.07, 6.45) is 0.960. The van der Waals surface area contributed by atoms with Crippen LogP contribution in [0.15, 0.2) is 0 Å². The van der Waals surface area contributed by atoms with Crippen molar-refractivity contribution in [3.05, 3.63) is 0 Å². The largest absolute Gasteiger partial charge is 0.344 e. The van der Waals surface area contributed by atoms with Crippen LogP contribution < -0.4 is 5.32 Å². The van der Waals surface area contributed by atoms with Crippen LogP contribution in [0.1, 0.15) is 27.2 Å². The molecule has 0 fully saturated rings. The zero-order chi connectivity index (χ0) is 12.7. The second-order valence-corrected chi connectivity index (χ2v) is 4.74. The lowest BCUT2D eigenvalue weighted by atomic mass is 10.1. The summed E-state index contributed by atoms with van der Waals surface area (Å²) < 4.78 is 0. The molecule has 94 valence electrons. The summed E-state index contributed by atoms with van der Waals surface area (Å²) >= 11 is 4.07. The topological polar surface area (TPSA) is 49.4 Å². The van der Waals surface area contributed by atoms with Crippen LogP contribution in [0.3, 0.4) is 0 Å². The Bertz CT molecular complexity index is 244. The molecule has 0 aromatic carbocycles.